The molecule has 1 saturated heterocycles. The van der Waals surface area contributed by atoms with E-state index in [1.807, 2.05) is 0 Å². The van der Waals surface area contributed by atoms with Crippen LogP contribution in [0.5, 0.6) is 0 Å². The highest BCUT2D eigenvalue weighted by atomic mass is 19.4. The zero-order chi connectivity index (χ0) is 19.7. The Morgan fingerprint density at radius 3 is 2.46 bits per heavy atom. The number of nitrogens with one attached hydrogen (secondary N) is 1. The molecule has 0 aromatic carbocycles. The number of carbonyl (C=O) groups is 1. The number of aliphatic hydroxyl groups is 1. The monoisotopic (exact) mass is 382 g/mol. The van der Waals surface area contributed by atoms with Crippen molar-refractivity contribution in [2.75, 3.05) is 25.0 Å². The van der Waals surface area contributed by atoms with Crippen molar-refractivity contribution in [3.05, 3.63) is 30.2 Å². The first-order valence-electron chi connectivity index (χ1n) is 7.63. The number of alkyl halides is 5. The SMILES string of the molecule is C=C(CCc1cc(NCC(=O)N2CCC2)ncn1)C(F)F.OC(F)(F)F. The van der Waals surface area contributed by atoms with Crippen molar-refractivity contribution < 1.29 is 31.9 Å². The minimum Gasteiger partial charge on any atom is -0.361 e. The molecule has 11 heteroatoms. The van der Waals surface area contributed by atoms with Crippen LogP contribution in [0.15, 0.2) is 24.5 Å². The molecule has 0 bridgehead atoms. The van der Waals surface area contributed by atoms with Crippen LogP contribution >= 0.6 is 0 Å². The van der Waals surface area contributed by atoms with E-state index in [2.05, 4.69) is 21.9 Å². The van der Waals surface area contributed by atoms with E-state index >= 15 is 0 Å². The molecule has 0 atom stereocenters. The van der Waals surface area contributed by atoms with Gasteiger partial charge in [0.25, 0.3) is 6.43 Å². The van der Waals surface area contributed by atoms with Gasteiger partial charge >= 0.3 is 6.36 Å². The van der Waals surface area contributed by atoms with Gasteiger partial charge in [0.15, 0.2) is 0 Å². The van der Waals surface area contributed by atoms with Crippen molar-refractivity contribution in [1.82, 2.24) is 14.9 Å². The maximum Gasteiger partial charge on any atom is 0.519 e. The van der Waals surface area contributed by atoms with E-state index in [0.29, 0.717) is 17.9 Å². The molecule has 1 aliphatic heterocycles. The van der Waals surface area contributed by atoms with Gasteiger partial charge in [0.1, 0.15) is 12.1 Å². The van der Waals surface area contributed by atoms with Crippen LogP contribution in [-0.4, -0.2) is 58.3 Å². The molecule has 1 aliphatic rings. The number of hydrogen-bond acceptors (Lipinski definition) is 5. The molecule has 1 aromatic heterocycles. The first kappa shape index (κ1) is 21.7. The number of hydrogen-bond donors (Lipinski definition) is 2. The van der Waals surface area contributed by atoms with Crippen molar-refractivity contribution in [2.45, 2.75) is 32.1 Å². The van der Waals surface area contributed by atoms with E-state index in [4.69, 9.17) is 5.11 Å². The molecule has 2 N–H and O–H groups in total. The Balaban J connectivity index is 0.000000597. The Morgan fingerprint density at radius 1 is 1.35 bits per heavy atom. The third-order valence-electron chi connectivity index (χ3n) is 3.36. The number of aromatic nitrogens is 2. The average Bonchev–Trinajstić information content (AvgIpc) is 2.47. The predicted molar refractivity (Wildman–Crippen MR) is 83.5 cm³/mol. The maximum absolute atomic E-state index is 12.3. The summed E-state index contributed by atoms with van der Waals surface area (Å²) in [6.07, 6.45) is -4.53. The third-order valence-corrected chi connectivity index (χ3v) is 3.36. The summed E-state index contributed by atoms with van der Waals surface area (Å²) >= 11 is 0. The highest BCUT2D eigenvalue weighted by Gasteiger charge is 2.20. The van der Waals surface area contributed by atoms with E-state index in [0.717, 1.165) is 19.5 Å². The molecular weight excluding hydrogens is 363 g/mol. The molecule has 2 heterocycles. The average molecular weight is 382 g/mol. The normalized spacial score (nSPS) is 13.6. The van der Waals surface area contributed by atoms with Crippen LogP contribution < -0.4 is 5.32 Å². The molecule has 1 aromatic rings. The molecule has 1 amide bonds. The van der Waals surface area contributed by atoms with Gasteiger partial charge in [0, 0.05) is 24.8 Å². The van der Waals surface area contributed by atoms with Crippen molar-refractivity contribution >= 4 is 11.7 Å². The van der Waals surface area contributed by atoms with E-state index in [9.17, 15) is 26.7 Å². The molecule has 0 saturated carbocycles. The lowest BCUT2D eigenvalue weighted by molar-refractivity contribution is -0.295. The number of halogens is 5. The zero-order valence-electron chi connectivity index (χ0n) is 13.8. The molecule has 0 spiro atoms. The Labute approximate surface area is 146 Å². The topological polar surface area (TPSA) is 78.4 Å². The summed E-state index contributed by atoms with van der Waals surface area (Å²) < 4.78 is 54.4. The molecule has 1 fully saturated rings. The van der Waals surface area contributed by atoms with Gasteiger partial charge in [0.05, 0.1) is 6.54 Å². The predicted octanol–water partition coefficient (Wildman–Crippen LogP) is 2.37. The lowest BCUT2D eigenvalue weighted by Crippen LogP contribution is -2.44. The number of carbonyl (C=O) groups excluding carboxylic acids is 1. The molecule has 0 unspecified atom stereocenters. The molecule has 0 aliphatic carbocycles. The summed E-state index contributed by atoms with van der Waals surface area (Å²) in [5.74, 6) is 0.559. The standard InChI is InChI=1S/C14H18F2N4O.CHF3O/c1-10(14(15)16)3-4-11-7-12(19-9-18-11)17-8-13(21)20-5-2-6-20;2-1(3,4)5/h7,9,14H,1-6,8H2,(H,17,18,19);5H. The fraction of sp³-hybridized carbons (Fsp3) is 0.533. The van der Waals surface area contributed by atoms with E-state index < -0.39 is 12.8 Å². The number of allylic oxidation sites excluding steroid dienone is 1. The number of likely N-dealkylation sites (tertiary alicyclic amines) is 1. The Morgan fingerprint density at radius 2 is 1.96 bits per heavy atom. The second-order valence-corrected chi connectivity index (χ2v) is 5.41. The van der Waals surface area contributed by atoms with Gasteiger partial charge in [-0.15, -0.1) is 13.2 Å². The smallest absolute Gasteiger partial charge is 0.361 e. The summed E-state index contributed by atoms with van der Waals surface area (Å²) in [7, 11) is 0. The van der Waals surface area contributed by atoms with Crippen molar-refractivity contribution in [3.8, 4) is 0 Å². The van der Waals surface area contributed by atoms with Crippen LogP contribution in [0.2, 0.25) is 0 Å². The largest absolute Gasteiger partial charge is 0.519 e. The molecular formula is C15H19F5N4O2. The van der Waals surface area contributed by atoms with Gasteiger partial charge in [-0.25, -0.2) is 18.7 Å². The molecule has 6 nitrogen and oxygen atoms in total. The first-order valence-corrected chi connectivity index (χ1v) is 7.63. The maximum atomic E-state index is 12.3. The lowest BCUT2D eigenvalue weighted by Gasteiger charge is -2.30. The fourth-order valence-electron chi connectivity index (χ4n) is 1.87. The van der Waals surface area contributed by atoms with Crippen molar-refractivity contribution in [2.24, 2.45) is 0 Å². The first-order chi connectivity index (χ1) is 12.1. The van der Waals surface area contributed by atoms with Crippen LogP contribution in [0, 0.1) is 0 Å². The van der Waals surface area contributed by atoms with Crippen LogP contribution in [0.4, 0.5) is 27.8 Å². The summed E-state index contributed by atoms with van der Waals surface area (Å²) in [5, 5.41) is 9.45. The zero-order valence-corrected chi connectivity index (χ0v) is 13.8. The van der Waals surface area contributed by atoms with E-state index in [-0.39, 0.29) is 24.4 Å². The number of nitrogens with zero attached hydrogens (tertiary/aromatic N) is 3. The second kappa shape index (κ2) is 10.00. The Bertz CT molecular complexity index is 600. The molecule has 26 heavy (non-hydrogen) atoms. The van der Waals surface area contributed by atoms with Crippen LogP contribution in [0.1, 0.15) is 18.5 Å². The van der Waals surface area contributed by atoms with Gasteiger partial charge in [-0.2, -0.15) is 0 Å². The minimum absolute atomic E-state index is 0.0347. The van der Waals surface area contributed by atoms with Crippen LogP contribution in [0.3, 0.4) is 0 Å². The summed E-state index contributed by atoms with van der Waals surface area (Å²) in [6, 6.07) is 1.67. The summed E-state index contributed by atoms with van der Waals surface area (Å²) in [4.78, 5) is 21.5. The fourth-order valence-corrected chi connectivity index (χ4v) is 1.87. The highest BCUT2D eigenvalue weighted by Crippen LogP contribution is 2.14. The van der Waals surface area contributed by atoms with Crippen molar-refractivity contribution in [3.63, 3.8) is 0 Å². The Hall–Kier alpha value is -2.30. The van der Waals surface area contributed by atoms with Gasteiger partial charge in [0.2, 0.25) is 5.91 Å². The molecule has 0 radical (unpaired) electrons. The van der Waals surface area contributed by atoms with E-state index in [1.165, 1.54) is 6.33 Å². The van der Waals surface area contributed by atoms with Gasteiger partial charge in [-0.05, 0) is 24.8 Å². The van der Waals surface area contributed by atoms with Crippen molar-refractivity contribution in [1.29, 1.82) is 0 Å². The summed E-state index contributed by atoms with van der Waals surface area (Å²) in [5.41, 5.74) is 0.543. The van der Waals surface area contributed by atoms with Crippen LogP contribution in [0.25, 0.3) is 0 Å². The van der Waals surface area contributed by atoms with Gasteiger partial charge < -0.3 is 15.3 Å². The number of aryl methyl sites for hydroxylation is 1. The van der Waals surface area contributed by atoms with Gasteiger partial charge in [-0.3, -0.25) is 4.79 Å². The van der Waals surface area contributed by atoms with Gasteiger partial charge in [-0.1, -0.05) is 6.58 Å². The number of rotatable bonds is 7. The minimum atomic E-state index is -5.00. The van der Waals surface area contributed by atoms with E-state index in [1.54, 1.807) is 11.0 Å². The number of amides is 1. The quantitative estimate of drug-likeness (QED) is 0.559. The summed E-state index contributed by atoms with van der Waals surface area (Å²) in [6.45, 7) is 5.13. The molecule has 146 valence electrons. The number of anilines is 1. The Kier molecular flexibility index (Phi) is 8.36. The lowest BCUT2D eigenvalue weighted by atomic mass is 10.1. The highest BCUT2D eigenvalue weighted by molar-refractivity contribution is 5.81. The molecule has 2 rings (SSSR count). The second-order valence-electron chi connectivity index (χ2n) is 5.41. The van der Waals surface area contributed by atoms with Crippen LogP contribution in [-0.2, 0) is 11.2 Å². The third kappa shape index (κ3) is 9.25.